The first-order valence-corrected chi connectivity index (χ1v) is 8.17. The highest BCUT2D eigenvalue weighted by molar-refractivity contribution is 6.09. The number of hydrogen-bond acceptors (Lipinski definition) is 3. The summed E-state index contributed by atoms with van der Waals surface area (Å²) in [6, 6.07) is -0.441. The van der Waals surface area contributed by atoms with Crippen LogP contribution in [-0.4, -0.2) is 40.4 Å². The molecule has 2 atom stereocenters. The molecule has 1 saturated carbocycles. The van der Waals surface area contributed by atoms with Crippen molar-refractivity contribution in [2.75, 3.05) is 6.54 Å². The average molecular weight is 309 g/mol. The van der Waals surface area contributed by atoms with Gasteiger partial charge >= 0.3 is 6.03 Å². The first-order valence-electron chi connectivity index (χ1n) is 8.17. The van der Waals surface area contributed by atoms with E-state index in [1.807, 2.05) is 27.7 Å². The SMILES string of the molecule is CCC(C)(C)NC(=O)CN1C(=O)N[C@]2(CCCC[C@H]2C)C1=O. The lowest BCUT2D eigenvalue weighted by atomic mass is 9.73. The summed E-state index contributed by atoms with van der Waals surface area (Å²) in [6.07, 6.45) is 4.38. The van der Waals surface area contributed by atoms with Crippen molar-refractivity contribution < 1.29 is 14.4 Å². The van der Waals surface area contributed by atoms with Crippen molar-refractivity contribution in [3.63, 3.8) is 0 Å². The maximum atomic E-state index is 12.7. The Bertz CT molecular complexity index is 489. The molecule has 2 aliphatic rings. The third-order valence-corrected chi connectivity index (χ3v) is 5.16. The monoisotopic (exact) mass is 309 g/mol. The molecule has 1 heterocycles. The summed E-state index contributed by atoms with van der Waals surface area (Å²) in [4.78, 5) is 38.1. The zero-order valence-corrected chi connectivity index (χ0v) is 14.0. The second kappa shape index (κ2) is 5.89. The largest absolute Gasteiger partial charge is 0.350 e. The van der Waals surface area contributed by atoms with Crippen molar-refractivity contribution in [1.82, 2.24) is 15.5 Å². The quantitative estimate of drug-likeness (QED) is 0.777. The highest BCUT2D eigenvalue weighted by Gasteiger charge is 2.55. The Morgan fingerprint density at radius 2 is 2.09 bits per heavy atom. The Morgan fingerprint density at radius 3 is 2.68 bits per heavy atom. The Balaban J connectivity index is 2.08. The molecule has 2 fully saturated rings. The number of carbonyl (C=O) groups is 3. The molecule has 1 aliphatic carbocycles. The van der Waals surface area contributed by atoms with Gasteiger partial charge in [-0.15, -0.1) is 0 Å². The number of rotatable bonds is 4. The molecule has 2 N–H and O–H groups in total. The predicted octanol–water partition coefficient (Wildman–Crippen LogP) is 1.79. The van der Waals surface area contributed by atoms with Crippen molar-refractivity contribution in [3.8, 4) is 0 Å². The average Bonchev–Trinajstić information content (AvgIpc) is 2.67. The molecule has 4 amide bonds. The van der Waals surface area contributed by atoms with E-state index in [4.69, 9.17) is 0 Å². The molecule has 0 aromatic carbocycles. The van der Waals surface area contributed by atoms with E-state index in [0.29, 0.717) is 6.42 Å². The maximum Gasteiger partial charge on any atom is 0.325 e. The van der Waals surface area contributed by atoms with Crippen molar-refractivity contribution in [1.29, 1.82) is 0 Å². The van der Waals surface area contributed by atoms with Gasteiger partial charge < -0.3 is 10.6 Å². The molecule has 124 valence electrons. The minimum Gasteiger partial charge on any atom is -0.350 e. The maximum absolute atomic E-state index is 12.7. The van der Waals surface area contributed by atoms with Crippen LogP contribution in [0.15, 0.2) is 0 Å². The number of urea groups is 1. The number of carbonyl (C=O) groups excluding carboxylic acids is 3. The van der Waals surface area contributed by atoms with Crippen LogP contribution >= 0.6 is 0 Å². The summed E-state index contributed by atoms with van der Waals surface area (Å²) in [5.74, 6) is -0.428. The minimum atomic E-state index is -0.796. The molecule has 6 nitrogen and oxygen atoms in total. The Hall–Kier alpha value is -1.59. The third-order valence-electron chi connectivity index (χ3n) is 5.16. The van der Waals surface area contributed by atoms with Crippen LogP contribution < -0.4 is 10.6 Å². The summed E-state index contributed by atoms with van der Waals surface area (Å²) >= 11 is 0. The fraction of sp³-hybridized carbons (Fsp3) is 0.812. The van der Waals surface area contributed by atoms with Crippen LogP contribution in [0.1, 0.15) is 59.8 Å². The lowest BCUT2D eigenvalue weighted by Crippen LogP contribution is -2.54. The van der Waals surface area contributed by atoms with E-state index in [-0.39, 0.29) is 29.8 Å². The zero-order chi connectivity index (χ0) is 16.5. The second-order valence-electron chi connectivity index (χ2n) is 7.23. The van der Waals surface area contributed by atoms with Gasteiger partial charge in [0.25, 0.3) is 5.91 Å². The van der Waals surface area contributed by atoms with Gasteiger partial charge in [-0.05, 0) is 39.0 Å². The first kappa shape index (κ1) is 16.8. The number of imide groups is 1. The lowest BCUT2D eigenvalue weighted by molar-refractivity contribution is -0.137. The number of nitrogens with one attached hydrogen (secondary N) is 2. The Morgan fingerprint density at radius 1 is 1.41 bits per heavy atom. The molecule has 1 aliphatic heterocycles. The molecule has 0 aromatic heterocycles. The van der Waals surface area contributed by atoms with Gasteiger partial charge in [0.1, 0.15) is 12.1 Å². The van der Waals surface area contributed by atoms with Crippen LogP contribution in [0.2, 0.25) is 0 Å². The van der Waals surface area contributed by atoms with Crippen molar-refractivity contribution >= 4 is 17.8 Å². The van der Waals surface area contributed by atoms with Gasteiger partial charge in [0, 0.05) is 5.54 Å². The molecule has 2 rings (SSSR count). The van der Waals surface area contributed by atoms with E-state index in [1.54, 1.807) is 0 Å². The lowest BCUT2D eigenvalue weighted by Gasteiger charge is -2.36. The van der Waals surface area contributed by atoms with Crippen LogP contribution in [0.4, 0.5) is 4.79 Å². The van der Waals surface area contributed by atoms with Gasteiger partial charge in [-0.25, -0.2) is 4.79 Å². The summed E-state index contributed by atoms with van der Waals surface area (Å²) in [7, 11) is 0. The second-order valence-corrected chi connectivity index (χ2v) is 7.23. The number of amides is 4. The van der Waals surface area contributed by atoms with Crippen LogP contribution in [-0.2, 0) is 9.59 Å². The van der Waals surface area contributed by atoms with Gasteiger partial charge in [0.15, 0.2) is 0 Å². The van der Waals surface area contributed by atoms with Crippen LogP contribution in [0.5, 0.6) is 0 Å². The summed E-state index contributed by atoms with van der Waals surface area (Å²) in [6.45, 7) is 7.61. The molecular weight excluding hydrogens is 282 g/mol. The van der Waals surface area contributed by atoms with Crippen LogP contribution in [0, 0.1) is 5.92 Å². The fourth-order valence-corrected chi connectivity index (χ4v) is 3.29. The van der Waals surface area contributed by atoms with Crippen molar-refractivity contribution in [2.24, 2.45) is 5.92 Å². The topological polar surface area (TPSA) is 78.5 Å². The van der Waals surface area contributed by atoms with E-state index in [2.05, 4.69) is 10.6 Å². The first-order chi connectivity index (χ1) is 10.2. The summed E-state index contributed by atoms with van der Waals surface area (Å²) in [5.41, 5.74) is -1.14. The van der Waals surface area contributed by atoms with E-state index < -0.39 is 11.6 Å². The third kappa shape index (κ3) is 2.96. The Kier molecular flexibility index (Phi) is 4.49. The molecule has 0 aromatic rings. The fourth-order valence-electron chi connectivity index (χ4n) is 3.29. The van der Waals surface area contributed by atoms with Gasteiger partial charge in [-0.2, -0.15) is 0 Å². The van der Waals surface area contributed by atoms with E-state index in [9.17, 15) is 14.4 Å². The zero-order valence-electron chi connectivity index (χ0n) is 14.0. The molecule has 6 heteroatoms. The molecular formula is C16H27N3O3. The molecule has 0 bridgehead atoms. The van der Waals surface area contributed by atoms with E-state index >= 15 is 0 Å². The van der Waals surface area contributed by atoms with Crippen molar-refractivity contribution in [3.05, 3.63) is 0 Å². The highest BCUT2D eigenvalue weighted by atomic mass is 16.2. The number of hydrogen-bond donors (Lipinski definition) is 2. The van der Waals surface area contributed by atoms with Gasteiger partial charge in [-0.3, -0.25) is 14.5 Å². The summed E-state index contributed by atoms with van der Waals surface area (Å²) in [5, 5.41) is 5.72. The molecule has 1 saturated heterocycles. The standard InChI is InChI=1S/C16H27N3O3/c1-5-15(3,4)17-12(20)10-19-13(21)16(18-14(19)22)9-7-6-8-11(16)2/h11H,5-10H2,1-4H3,(H,17,20)(H,18,22)/t11-,16+/m1/s1. The van der Waals surface area contributed by atoms with Gasteiger partial charge in [-0.1, -0.05) is 26.7 Å². The highest BCUT2D eigenvalue weighted by Crippen LogP contribution is 2.38. The molecule has 22 heavy (non-hydrogen) atoms. The Labute approximate surface area is 132 Å². The van der Waals surface area contributed by atoms with Crippen molar-refractivity contribution in [2.45, 2.75) is 70.9 Å². The normalized spacial score (nSPS) is 28.9. The van der Waals surface area contributed by atoms with Gasteiger partial charge in [0.2, 0.25) is 5.91 Å². The van der Waals surface area contributed by atoms with Crippen LogP contribution in [0.25, 0.3) is 0 Å². The molecule has 0 radical (unpaired) electrons. The summed E-state index contributed by atoms with van der Waals surface area (Å²) < 4.78 is 0. The van der Waals surface area contributed by atoms with E-state index in [0.717, 1.165) is 30.6 Å². The van der Waals surface area contributed by atoms with Gasteiger partial charge in [0.05, 0.1) is 0 Å². The van der Waals surface area contributed by atoms with E-state index in [1.165, 1.54) is 0 Å². The van der Waals surface area contributed by atoms with Crippen LogP contribution in [0.3, 0.4) is 0 Å². The predicted molar refractivity (Wildman–Crippen MR) is 83.1 cm³/mol. The minimum absolute atomic E-state index is 0.109. The molecule has 1 spiro atoms. The smallest absolute Gasteiger partial charge is 0.325 e. The number of nitrogens with zero attached hydrogens (tertiary/aromatic N) is 1. The molecule has 0 unspecified atom stereocenters.